The Morgan fingerprint density at radius 3 is 2.37 bits per heavy atom. The maximum absolute atomic E-state index is 8.95. The number of benzene rings is 2. The molecule has 0 atom stereocenters. The summed E-state index contributed by atoms with van der Waals surface area (Å²) in [5.74, 6) is 1.38. The molecule has 0 saturated heterocycles. The first-order chi connectivity index (χ1) is 13.3. The van der Waals surface area contributed by atoms with Crippen LogP contribution in [0.2, 0.25) is 0 Å². The molecule has 0 amide bonds. The molecule has 5 heteroatoms. The number of rotatable bonds is 5. The molecule has 134 valence electrons. The third-order valence-corrected chi connectivity index (χ3v) is 4.77. The topological polar surface area (TPSA) is 73.6 Å². The summed E-state index contributed by atoms with van der Waals surface area (Å²) in [7, 11) is 0. The highest BCUT2D eigenvalue weighted by Gasteiger charge is 2.16. The smallest absolute Gasteiger partial charge is 0.229 e. The molecule has 3 aromatic rings. The SMILES string of the molecule is N#Cc1ccc(Nc2nc(NC3CCCC3)cc(-c3ccccc3)n2)cc1. The minimum absolute atomic E-state index is 0.478. The number of anilines is 3. The molecule has 5 nitrogen and oxygen atoms in total. The molecule has 0 spiro atoms. The highest BCUT2D eigenvalue weighted by molar-refractivity contribution is 5.66. The van der Waals surface area contributed by atoms with Gasteiger partial charge in [-0.05, 0) is 37.1 Å². The predicted molar refractivity (Wildman–Crippen MR) is 108 cm³/mol. The van der Waals surface area contributed by atoms with Gasteiger partial charge in [-0.3, -0.25) is 0 Å². The first-order valence-electron chi connectivity index (χ1n) is 9.28. The summed E-state index contributed by atoms with van der Waals surface area (Å²) in [5.41, 5.74) is 3.41. The molecular weight excluding hydrogens is 334 g/mol. The van der Waals surface area contributed by atoms with Crippen molar-refractivity contribution in [3.63, 3.8) is 0 Å². The fourth-order valence-corrected chi connectivity index (χ4v) is 3.37. The zero-order valence-electron chi connectivity index (χ0n) is 15.0. The van der Waals surface area contributed by atoms with Gasteiger partial charge in [0.2, 0.25) is 5.95 Å². The van der Waals surface area contributed by atoms with Crippen molar-refractivity contribution in [2.75, 3.05) is 10.6 Å². The van der Waals surface area contributed by atoms with Gasteiger partial charge in [0.25, 0.3) is 0 Å². The van der Waals surface area contributed by atoms with E-state index in [9.17, 15) is 0 Å². The number of nitriles is 1. The van der Waals surface area contributed by atoms with Crippen molar-refractivity contribution < 1.29 is 0 Å². The van der Waals surface area contributed by atoms with Crippen LogP contribution in [-0.4, -0.2) is 16.0 Å². The van der Waals surface area contributed by atoms with Gasteiger partial charge in [0.1, 0.15) is 5.82 Å². The van der Waals surface area contributed by atoms with Crippen molar-refractivity contribution in [3.8, 4) is 17.3 Å². The third kappa shape index (κ3) is 4.24. The van der Waals surface area contributed by atoms with Crippen LogP contribution in [0.1, 0.15) is 31.2 Å². The van der Waals surface area contributed by atoms with Crippen LogP contribution in [0.3, 0.4) is 0 Å². The fourth-order valence-electron chi connectivity index (χ4n) is 3.37. The first-order valence-corrected chi connectivity index (χ1v) is 9.28. The zero-order chi connectivity index (χ0) is 18.5. The lowest BCUT2D eigenvalue weighted by molar-refractivity contribution is 0.750. The van der Waals surface area contributed by atoms with Crippen molar-refractivity contribution >= 4 is 17.5 Å². The lowest BCUT2D eigenvalue weighted by atomic mass is 10.1. The Hall–Kier alpha value is -3.39. The van der Waals surface area contributed by atoms with Gasteiger partial charge in [-0.1, -0.05) is 43.2 Å². The molecule has 2 N–H and O–H groups in total. The largest absolute Gasteiger partial charge is 0.367 e. The van der Waals surface area contributed by atoms with E-state index in [4.69, 9.17) is 5.26 Å². The molecule has 0 radical (unpaired) electrons. The molecule has 1 saturated carbocycles. The van der Waals surface area contributed by atoms with E-state index in [0.29, 0.717) is 17.6 Å². The van der Waals surface area contributed by atoms with Crippen LogP contribution < -0.4 is 10.6 Å². The Balaban J connectivity index is 1.65. The monoisotopic (exact) mass is 355 g/mol. The molecule has 2 aromatic carbocycles. The lowest BCUT2D eigenvalue weighted by Gasteiger charge is -2.15. The molecule has 27 heavy (non-hydrogen) atoms. The average Bonchev–Trinajstić information content (AvgIpc) is 3.22. The molecule has 0 unspecified atom stereocenters. The summed E-state index contributed by atoms with van der Waals surface area (Å²) in [6.45, 7) is 0. The number of aromatic nitrogens is 2. The van der Waals surface area contributed by atoms with Crippen LogP contribution >= 0.6 is 0 Å². The van der Waals surface area contributed by atoms with Crippen molar-refractivity contribution in [1.82, 2.24) is 9.97 Å². The van der Waals surface area contributed by atoms with Gasteiger partial charge in [-0.15, -0.1) is 0 Å². The number of nitrogens with one attached hydrogen (secondary N) is 2. The summed E-state index contributed by atoms with van der Waals surface area (Å²) >= 11 is 0. The van der Waals surface area contributed by atoms with E-state index in [0.717, 1.165) is 22.8 Å². The van der Waals surface area contributed by atoms with E-state index in [1.54, 1.807) is 12.1 Å². The van der Waals surface area contributed by atoms with E-state index in [1.165, 1.54) is 25.7 Å². The van der Waals surface area contributed by atoms with Gasteiger partial charge in [-0.2, -0.15) is 10.2 Å². The Kier molecular flexibility index (Phi) is 4.97. The van der Waals surface area contributed by atoms with Gasteiger partial charge >= 0.3 is 0 Å². The Morgan fingerprint density at radius 2 is 1.67 bits per heavy atom. The minimum Gasteiger partial charge on any atom is -0.367 e. The normalized spacial score (nSPS) is 13.9. The molecular formula is C22H21N5. The fraction of sp³-hybridized carbons (Fsp3) is 0.227. The standard InChI is InChI=1S/C22H21N5/c23-15-16-10-12-19(13-11-16)25-22-26-20(17-6-2-1-3-7-17)14-21(27-22)24-18-8-4-5-9-18/h1-3,6-7,10-14,18H,4-5,8-9H2,(H2,24,25,26,27). The first kappa shape index (κ1) is 17.0. The second kappa shape index (κ2) is 7.88. The van der Waals surface area contributed by atoms with E-state index in [1.807, 2.05) is 48.5 Å². The molecule has 1 aliphatic rings. The van der Waals surface area contributed by atoms with Crippen molar-refractivity contribution in [1.29, 1.82) is 5.26 Å². The molecule has 1 aromatic heterocycles. The van der Waals surface area contributed by atoms with E-state index < -0.39 is 0 Å². The molecule has 1 fully saturated rings. The van der Waals surface area contributed by atoms with Gasteiger partial charge < -0.3 is 10.6 Å². The molecule has 1 aliphatic carbocycles. The highest BCUT2D eigenvalue weighted by atomic mass is 15.2. The van der Waals surface area contributed by atoms with Gasteiger partial charge in [0.15, 0.2) is 0 Å². The zero-order valence-corrected chi connectivity index (χ0v) is 15.0. The van der Waals surface area contributed by atoms with E-state index in [-0.39, 0.29) is 0 Å². The summed E-state index contributed by atoms with van der Waals surface area (Å²) in [6, 6.07) is 22.0. The minimum atomic E-state index is 0.478. The van der Waals surface area contributed by atoms with Crippen LogP contribution in [0, 0.1) is 11.3 Å². The maximum atomic E-state index is 8.95. The van der Waals surface area contributed by atoms with Gasteiger partial charge in [0.05, 0.1) is 17.3 Å². The van der Waals surface area contributed by atoms with Crippen LogP contribution in [-0.2, 0) is 0 Å². The second-order valence-electron chi connectivity index (χ2n) is 6.77. The molecule has 1 heterocycles. The Bertz CT molecular complexity index is 939. The maximum Gasteiger partial charge on any atom is 0.229 e. The molecule has 0 bridgehead atoms. The number of nitrogens with zero attached hydrogens (tertiary/aromatic N) is 3. The average molecular weight is 355 g/mol. The number of hydrogen-bond donors (Lipinski definition) is 2. The van der Waals surface area contributed by atoms with Crippen LogP contribution in [0.25, 0.3) is 11.3 Å². The number of hydrogen-bond acceptors (Lipinski definition) is 5. The van der Waals surface area contributed by atoms with E-state index in [2.05, 4.69) is 26.7 Å². The summed E-state index contributed by atoms with van der Waals surface area (Å²) in [6.07, 6.45) is 4.90. The third-order valence-electron chi connectivity index (χ3n) is 4.77. The Morgan fingerprint density at radius 1 is 0.926 bits per heavy atom. The Labute approximate surface area is 159 Å². The van der Waals surface area contributed by atoms with Crippen molar-refractivity contribution in [2.24, 2.45) is 0 Å². The quantitative estimate of drug-likeness (QED) is 0.665. The van der Waals surface area contributed by atoms with Crippen molar-refractivity contribution in [2.45, 2.75) is 31.7 Å². The lowest BCUT2D eigenvalue weighted by Crippen LogP contribution is -2.16. The highest BCUT2D eigenvalue weighted by Crippen LogP contribution is 2.26. The molecule has 0 aliphatic heterocycles. The van der Waals surface area contributed by atoms with Crippen LogP contribution in [0.4, 0.5) is 17.5 Å². The van der Waals surface area contributed by atoms with Crippen LogP contribution in [0.5, 0.6) is 0 Å². The second-order valence-corrected chi connectivity index (χ2v) is 6.77. The molecule has 4 rings (SSSR count). The van der Waals surface area contributed by atoms with Gasteiger partial charge in [-0.25, -0.2) is 4.98 Å². The van der Waals surface area contributed by atoms with Crippen LogP contribution in [0.15, 0.2) is 60.7 Å². The summed E-state index contributed by atoms with van der Waals surface area (Å²) in [4.78, 5) is 9.35. The summed E-state index contributed by atoms with van der Waals surface area (Å²) in [5, 5.41) is 15.8. The van der Waals surface area contributed by atoms with E-state index >= 15 is 0 Å². The van der Waals surface area contributed by atoms with Gasteiger partial charge in [0, 0.05) is 23.4 Å². The van der Waals surface area contributed by atoms with Crippen molar-refractivity contribution in [3.05, 3.63) is 66.2 Å². The summed E-state index contributed by atoms with van der Waals surface area (Å²) < 4.78 is 0. The predicted octanol–water partition coefficient (Wildman–Crippen LogP) is 5.11.